The zero-order chi connectivity index (χ0) is 14.7. The molecule has 0 spiro atoms. The molecule has 114 valence electrons. The molecule has 2 unspecified atom stereocenters. The molecule has 1 fully saturated rings. The van der Waals surface area contributed by atoms with Gasteiger partial charge in [0.15, 0.2) is 0 Å². The minimum atomic E-state index is 0.328. The molecule has 21 heavy (non-hydrogen) atoms. The van der Waals surface area contributed by atoms with E-state index >= 15 is 0 Å². The van der Waals surface area contributed by atoms with E-state index in [1.807, 2.05) is 0 Å². The summed E-state index contributed by atoms with van der Waals surface area (Å²) >= 11 is 1.81. The zero-order valence-corrected chi connectivity index (χ0v) is 13.8. The van der Waals surface area contributed by atoms with Gasteiger partial charge in [-0.2, -0.15) is 0 Å². The lowest BCUT2D eigenvalue weighted by atomic mass is 10.1. The van der Waals surface area contributed by atoms with Crippen molar-refractivity contribution in [3.05, 3.63) is 29.3 Å². The van der Waals surface area contributed by atoms with Gasteiger partial charge in [0.25, 0.3) is 0 Å². The average Bonchev–Trinajstić information content (AvgIpc) is 2.97. The molecule has 0 amide bonds. The number of hydrogen-bond acceptors (Lipinski definition) is 4. The quantitative estimate of drug-likeness (QED) is 0.910. The van der Waals surface area contributed by atoms with Crippen LogP contribution in [0.4, 0.5) is 0 Å². The van der Waals surface area contributed by atoms with Gasteiger partial charge in [-0.05, 0) is 51.9 Å². The van der Waals surface area contributed by atoms with Crippen LogP contribution in [0.15, 0.2) is 24.3 Å². The highest BCUT2D eigenvalue weighted by Crippen LogP contribution is 2.26. The lowest BCUT2D eigenvalue weighted by Gasteiger charge is -2.33. The summed E-state index contributed by atoms with van der Waals surface area (Å²) in [5, 5.41) is 4.86. The maximum atomic E-state index is 4.75. The van der Waals surface area contributed by atoms with Crippen molar-refractivity contribution >= 4 is 21.6 Å². The first kappa shape index (κ1) is 14.9. The van der Waals surface area contributed by atoms with Crippen LogP contribution in [0.1, 0.15) is 44.2 Å². The summed E-state index contributed by atoms with van der Waals surface area (Å²) in [6.07, 6.45) is 4.12. The standard InChI is InChI=1S/C17H25N3S/c1-13(20-10-6-3-7-11-20)12-18-14(2)17-19-15-8-4-5-9-16(15)21-17/h4-5,8-9,13-14,18H,3,6-7,10-12H2,1-2H3. The van der Waals surface area contributed by atoms with Crippen LogP contribution in [0.3, 0.4) is 0 Å². The van der Waals surface area contributed by atoms with E-state index in [-0.39, 0.29) is 0 Å². The van der Waals surface area contributed by atoms with Gasteiger partial charge >= 0.3 is 0 Å². The first-order chi connectivity index (χ1) is 10.2. The summed E-state index contributed by atoms with van der Waals surface area (Å²) in [7, 11) is 0. The minimum absolute atomic E-state index is 0.328. The van der Waals surface area contributed by atoms with Crippen molar-refractivity contribution in [3.63, 3.8) is 0 Å². The molecule has 4 heteroatoms. The van der Waals surface area contributed by atoms with Crippen LogP contribution < -0.4 is 5.32 Å². The van der Waals surface area contributed by atoms with Gasteiger partial charge in [0.1, 0.15) is 5.01 Å². The van der Waals surface area contributed by atoms with Gasteiger partial charge in [-0.1, -0.05) is 18.6 Å². The topological polar surface area (TPSA) is 28.2 Å². The maximum absolute atomic E-state index is 4.75. The van der Waals surface area contributed by atoms with Crippen molar-refractivity contribution < 1.29 is 0 Å². The zero-order valence-electron chi connectivity index (χ0n) is 13.0. The largest absolute Gasteiger partial charge is 0.307 e. The summed E-state index contributed by atoms with van der Waals surface area (Å²) in [6.45, 7) is 8.12. The molecule has 3 rings (SSSR count). The molecule has 1 aliphatic rings. The lowest BCUT2D eigenvalue weighted by Crippen LogP contribution is -2.43. The van der Waals surface area contributed by atoms with Crippen LogP contribution in [-0.4, -0.2) is 35.6 Å². The molecule has 1 saturated heterocycles. The van der Waals surface area contributed by atoms with Gasteiger partial charge in [-0.25, -0.2) is 4.98 Å². The molecule has 1 aromatic carbocycles. The van der Waals surface area contributed by atoms with E-state index in [2.05, 4.69) is 48.3 Å². The van der Waals surface area contributed by atoms with Crippen LogP contribution in [0.2, 0.25) is 0 Å². The second-order valence-electron chi connectivity index (χ2n) is 6.10. The molecule has 1 aromatic heterocycles. The van der Waals surface area contributed by atoms with Crippen molar-refractivity contribution in [2.45, 2.75) is 45.2 Å². The number of likely N-dealkylation sites (tertiary alicyclic amines) is 1. The number of hydrogen-bond donors (Lipinski definition) is 1. The molecule has 2 aromatic rings. The number of thiazole rings is 1. The lowest BCUT2D eigenvalue weighted by molar-refractivity contribution is 0.168. The Bertz CT molecular complexity index is 541. The Morgan fingerprint density at radius 1 is 1.19 bits per heavy atom. The van der Waals surface area contributed by atoms with E-state index in [0.29, 0.717) is 12.1 Å². The Hall–Kier alpha value is -0.970. The summed E-state index contributed by atoms with van der Waals surface area (Å²) < 4.78 is 1.28. The molecule has 0 saturated carbocycles. The van der Waals surface area contributed by atoms with Crippen molar-refractivity contribution in [2.75, 3.05) is 19.6 Å². The Balaban J connectivity index is 1.56. The molecule has 1 N–H and O–H groups in total. The van der Waals surface area contributed by atoms with Crippen LogP contribution in [-0.2, 0) is 0 Å². The van der Waals surface area contributed by atoms with Gasteiger partial charge in [0.2, 0.25) is 0 Å². The van der Waals surface area contributed by atoms with Crippen molar-refractivity contribution in [1.29, 1.82) is 0 Å². The number of fused-ring (bicyclic) bond motifs is 1. The third kappa shape index (κ3) is 3.62. The number of benzene rings is 1. The Labute approximate surface area is 131 Å². The minimum Gasteiger partial charge on any atom is -0.307 e. The van der Waals surface area contributed by atoms with E-state index in [4.69, 9.17) is 4.98 Å². The third-order valence-electron chi connectivity index (χ3n) is 4.41. The highest BCUT2D eigenvalue weighted by atomic mass is 32.1. The molecule has 0 radical (unpaired) electrons. The maximum Gasteiger partial charge on any atom is 0.111 e. The van der Waals surface area contributed by atoms with Gasteiger partial charge in [0.05, 0.1) is 16.3 Å². The van der Waals surface area contributed by atoms with Crippen LogP contribution in [0.25, 0.3) is 10.2 Å². The molecule has 3 nitrogen and oxygen atoms in total. The van der Waals surface area contributed by atoms with Gasteiger partial charge in [-0.3, -0.25) is 4.90 Å². The summed E-state index contributed by atoms with van der Waals surface area (Å²) in [5.74, 6) is 0. The van der Waals surface area contributed by atoms with Crippen molar-refractivity contribution in [1.82, 2.24) is 15.2 Å². The van der Waals surface area contributed by atoms with E-state index < -0.39 is 0 Å². The van der Waals surface area contributed by atoms with Crippen LogP contribution >= 0.6 is 11.3 Å². The molecule has 0 bridgehead atoms. The van der Waals surface area contributed by atoms with Crippen molar-refractivity contribution in [2.24, 2.45) is 0 Å². The van der Waals surface area contributed by atoms with Gasteiger partial charge in [-0.15, -0.1) is 11.3 Å². The second-order valence-corrected chi connectivity index (χ2v) is 7.16. The van der Waals surface area contributed by atoms with Crippen LogP contribution in [0, 0.1) is 0 Å². The molecule has 2 heterocycles. The van der Waals surface area contributed by atoms with E-state index in [0.717, 1.165) is 12.1 Å². The van der Waals surface area contributed by atoms with E-state index in [1.165, 1.54) is 42.1 Å². The average molecular weight is 303 g/mol. The molecule has 0 aliphatic carbocycles. The van der Waals surface area contributed by atoms with Gasteiger partial charge < -0.3 is 5.32 Å². The molecule has 2 atom stereocenters. The molecule has 1 aliphatic heterocycles. The van der Waals surface area contributed by atoms with Crippen molar-refractivity contribution in [3.8, 4) is 0 Å². The first-order valence-corrected chi connectivity index (χ1v) is 8.88. The predicted octanol–water partition coefficient (Wildman–Crippen LogP) is 3.82. The number of para-hydroxylation sites is 1. The summed E-state index contributed by atoms with van der Waals surface area (Å²) in [5.41, 5.74) is 1.12. The summed E-state index contributed by atoms with van der Waals surface area (Å²) in [6, 6.07) is 9.33. The Kier molecular flexibility index (Phi) is 4.88. The molecular weight excluding hydrogens is 278 g/mol. The SMILES string of the molecule is CC(NCC(C)N1CCCCC1)c1nc2ccccc2s1. The number of aromatic nitrogens is 1. The Morgan fingerprint density at radius 3 is 2.71 bits per heavy atom. The first-order valence-electron chi connectivity index (χ1n) is 8.07. The van der Waals surface area contributed by atoms with E-state index in [9.17, 15) is 0 Å². The third-order valence-corrected chi connectivity index (χ3v) is 5.63. The fourth-order valence-corrected chi connectivity index (χ4v) is 3.99. The smallest absolute Gasteiger partial charge is 0.111 e. The number of nitrogens with zero attached hydrogens (tertiary/aromatic N) is 2. The normalized spacial score (nSPS) is 19.7. The Morgan fingerprint density at radius 2 is 1.95 bits per heavy atom. The predicted molar refractivity (Wildman–Crippen MR) is 90.9 cm³/mol. The van der Waals surface area contributed by atoms with E-state index in [1.54, 1.807) is 11.3 Å². The highest BCUT2D eigenvalue weighted by molar-refractivity contribution is 7.18. The fourth-order valence-electron chi connectivity index (χ4n) is 3.00. The van der Waals surface area contributed by atoms with Gasteiger partial charge in [0, 0.05) is 12.6 Å². The highest BCUT2D eigenvalue weighted by Gasteiger charge is 2.18. The summed E-state index contributed by atoms with van der Waals surface area (Å²) in [4.78, 5) is 7.36. The number of rotatable bonds is 5. The monoisotopic (exact) mass is 303 g/mol. The molecular formula is C17H25N3S. The number of piperidine rings is 1. The fraction of sp³-hybridized carbons (Fsp3) is 0.588. The van der Waals surface area contributed by atoms with Crippen LogP contribution in [0.5, 0.6) is 0 Å². The number of nitrogens with one attached hydrogen (secondary N) is 1. The second kappa shape index (κ2) is 6.86.